The molecule has 0 amide bonds. The number of halogens is 1. The molecule has 0 bridgehead atoms. The van der Waals surface area contributed by atoms with Crippen LogP contribution in [-0.2, 0) is 0 Å². The first-order valence-corrected chi connectivity index (χ1v) is 3.15. The fraction of sp³-hybridized carbons (Fsp3) is 0.111. The summed E-state index contributed by atoms with van der Waals surface area (Å²) in [6.45, 7) is 3.76. The third-order valence-electron chi connectivity index (χ3n) is 1.45. The van der Waals surface area contributed by atoms with Gasteiger partial charge in [-0.2, -0.15) is 0 Å². The Bertz CT molecular complexity index is 209. The summed E-state index contributed by atoms with van der Waals surface area (Å²) in [6.07, 6.45) is 9.59. The molecule has 1 atom stereocenters. The SMILES string of the molecule is C=C1C=CC=CC1C=CF. The summed E-state index contributed by atoms with van der Waals surface area (Å²) in [7, 11) is 0. The first-order chi connectivity index (χ1) is 4.84. The van der Waals surface area contributed by atoms with E-state index in [0.717, 1.165) is 5.57 Å². The van der Waals surface area contributed by atoms with Crippen LogP contribution in [-0.4, -0.2) is 0 Å². The van der Waals surface area contributed by atoms with Crippen LogP contribution in [0.25, 0.3) is 0 Å². The predicted octanol–water partition coefficient (Wildman–Crippen LogP) is 2.77. The van der Waals surface area contributed by atoms with Crippen molar-refractivity contribution in [2.75, 3.05) is 0 Å². The second-order valence-electron chi connectivity index (χ2n) is 2.16. The lowest BCUT2D eigenvalue weighted by molar-refractivity contribution is 0.709. The van der Waals surface area contributed by atoms with Gasteiger partial charge in [-0.05, 0) is 11.6 Å². The molecule has 0 nitrogen and oxygen atoms in total. The van der Waals surface area contributed by atoms with Crippen molar-refractivity contribution >= 4 is 0 Å². The molecule has 0 aromatic carbocycles. The van der Waals surface area contributed by atoms with Crippen LogP contribution in [0.5, 0.6) is 0 Å². The van der Waals surface area contributed by atoms with E-state index in [1.54, 1.807) is 0 Å². The highest BCUT2D eigenvalue weighted by molar-refractivity contribution is 5.33. The van der Waals surface area contributed by atoms with Crippen molar-refractivity contribution in [1.29, 1.82) is 0 Å². The Morgan fingerprint density at radius 2 is 2.30 bits per heavy atom. The van der Waals surface area contributed by atoms with Gasteiger partial charge in [-0.25, -0.2) is 4.39 Å². The smallest absolute Gasteiger partial charge is 0.0836 e. The van der Waals surface area contributed by atoms with Crippen molar-refractivity contribution in [3.63, 3.8) is 0 Å². The Kier molecular flexibility index (Phi) is 2.21. The quantitative estimate of drug-likeness (QED) is 0.520. The Morgan fingerprint density at radius 3 is 2.90 bits per heavy atom. The summed E-state index contributed by atoms with van der Waals surface area (Å²) in [5.74, 6) is 0.0509. The van der Waals surface area contributed by atoms with Crippen molar-refractivity contribution in [2.45, 2.75) is 0 Å². The molecule has 52 valence electrons. The average molecular weight is 136 g/mol. The molecule has 0 heterocycles. The van der Waals surface area contributed by atoms with Crippen LogP contribution < -0.4 is 0 Å². The highest BCUT2D eigenvalue weighted by Crippen LogP contribution is 2.17. The van der Waals surface area contributed by atoms with E-state index in [0.29, 0.717) is 6.33 Å². The van der Waals surface area contributed by atoms with Crippen molar-refractivity contribution in [2.24, 2.45) is 5.92 Å². The molecule has 0 aromatic heterocycles. The molecule has 10 heavy (non-hydrogen) atoms. The monoisotopic (exact) mass is 136 g/mol. The summed E-state index contributed by atoms with van der Waals surface area (Å²) in [5, 5.41) is 0. The Balaban J connectivity index is 2.70. The van der Waals surface area contributed by atoms with Gasteiger partial charge in [-0.1, -0.05) is 30.9 Å². The summed E-state index contributed by atoms with van der Waals surface area (Å²) in [6, 6.07) is 0. The molecule has 0 spiro atoms. The van der Waals surface area contributed by atoms with Crippen molar-refractivity contribution in [3.8, 4) is 0 Å². The first-order valence-electron chi connectivity index (χ1n) is 3.15. The van der Waals surface area contributed by atoms with Gasteiger partial charge in [0.15, 0.2) is 0 Å². The number of rotatable bonds is 1. The van der Waals surface area contributed by atoms with Gasteiger partial charge in [0.25, 0.3) is 0 Å². The minimum absolute atomic E-state index is 0.0509. The molecule has 0 fully saturated rings. The zero-order chi connectivity index (χ0) is 7.40. The highest BCUT2D eigenvalue weighted by atomic mass is 19.1. The molecule has 1 aliphatic carbocycles. The average Bonchev–Trinajstić information content (AvgIpc) is 1.94. The highest BCUT2D eigenvalue weighted by Gasteiger charge is 2.03. The number of hydrogen-bond acceptors (Lipinski definition) is 0. The van der Waals surface area contributed by atoms with E-state index in [1.165, 1.54) is 6.08 Å². The van der Waals surface area contributed by atoms with Crippen LogP contribution in [0.2, 0.25) is 0 Å². The van der Waals surface area contributed by atoms with Gasteiger partial charge >= 0.3 is 0 Å². The molecule has 0 aliphatic heterocycles. The first kappa shape index (κ1) is 7.00. The van der Waals surface area contributed by atoms with Gasteiger partial charge < -0.3 is 0 Å². The van der Waals surface area contributed by atoms with Crippen LogP contribution in [0.3, 0.4) is 0 Å². The maximum Gasteiger partial charge on any atom is 0.0836 e. The van der Waals surface area contributed by atoms with Gasteiger partial charge in [0.2, 0.25) is 0 Å². The summed E-state index contributed by atoms with van der Waals surface area (Å²) >= 11 is 0. The van der Waals surface area contributed by atoms with Gasteiger partial charge in [-0.3, -0.25) is 0 Å². The molecule has 1 unspecified atom stereocenters. The Labute approximate surface area is 60.1 Å². The fourth-order valence-corrected chi connectivity index (χ4v) is 0.864. The number of hydrogen-bond donors (Lipinski definition) is 0. The fourth-order valence-electron chi connectivity index (χ4n) is 0.864. The topological polar surface area (TPSA) is 0 Å². The van der Waals surface area contributed by atoms with Gasteiger partial charge in [0.05, 0.1) is 6.33 Å². The second-order valence-corrected chi connectivity index (χ2v) is 2.16. The molecule has 1 rings (SSSR count). The van der Waals surface area contributed by atoms with Gasteiger partial charge in [0, 0.05) is 5.92 Å². The van der Waals surface area contributed by atoms with Gasteiger partial charge in [-0.15, -0.1) is 0 Å². The van der Waals surface area contributed by atoms with E-state index < -0.39 is 0 Å². The molecule has 1 aliphatic rings. The third-order valence-corrected chi connectivity index (χ3v) is 1.45. The van der Waals surface area contributed by atoms with Crippen LogP contribution in [0.1, 0.15) is 0 Å². The maximum atomic E-state index is 11.7. The molecule has 1 heteroatoms. The minimum atomic E-state index is 0.0509. The lowest BCUT2D eigenvalue weighted by atomic mass is 9.96. The van der Waals surface area contributed by atoms with Crippen LogP contribution in [0, 0.1) is 5.92 Å². The van der Waals surface area contributed by atoms with Crippen LogP contribution >= 0.6 is 0 Å². The van der Waals surface area contributed by atoms with E-state index in [1.807, 2.05) is 24.3 Å². The summed E-state index contributed by atoms with van der Waals surface area (Å²) in [5.41, 5.74) is 0.927. The molecule has 0 saturated carbocycles. The molecular formula is C9H9F. The second kappa shape index (κ2) is 3.16. The lowest BCUT2D eigenvalue weighted by Gasteiger charge is -2.08. The van der Waals surface area contributed by atoms with E-state index in [4.69, 9.17) is 0 Å². The number of allylic oxidation sites excluding steroid dienone is 6. The van der Waals surface area contributed by atoms with E-state index in [-0.39, 0.29) is 5.92 Å². The van der Waals surface area contributed by atoms with Crippen LogP contribution in [0.15, 0.2) is 48.9 Å². The molecule has 0 aromatic rings. The maximum absolute atomic E-state index is 11.7. The Hall–Kier alpha value is -1.11. The zero-order valence-electron chi connectivity index (χ0n) is 5.63. The van der Waals surface area contributed by atoms with Crippen molar-refractivity contribution in [3.05, 3.63) is 48.9 Å². The van der Waals surface area contributed by atoms with E-state index in [2.05, 4.69) is 6.58 Å². The predicted molar refractivity (Wildman–Crippen MR) is 41.2 cm³/mol. The normalized spacial score (nSPS) is 24.5. The van der Waals surface area contributed by atoms with Crippen LogP contribution in [0.4, 0.5) is 4.39 Å². The van der Waals surface area contributed by atoms with E-state index in [9.17, 15) is 4.39 Å². The zero-order valence-corrected chi connectivity index (χ0v) is 5.63. The molecule has 0 radical (unpaired) electrons. The molecule has 0 saturated heterocycles. The largest absolute Gasteiger partial charge is 0.216 e. The molecular weight excluding hydrogens is 127 g/mol. The van der Waals surface area contributed by atoms with Crippen molar-refractivity contribution < 1.29 is 4.39 Å². The van der Waals surface area contributed by atoms with Gasteiger partial charge in [0.1, 0.15) is 0 Å². The third kappa shape index (κ3) is 1.44. The Morgan fingerprint density at radius 1 is 1.50 bits per heavy atom. The summed E-state index contributed by atoms with van der Waals surface area (Å²) < 4.78 is 11.7. The van der Waals surface area contributed by atoms with Crippen molar-refractivity contribution in [1.82, 2.24) is 0 Å². The summed E-state index contributed by atoms with van der Waals surface area (Å²) in [4.78, 5) is 0. The van der Waals surface area contributed by atoms with E-state index >= 15 is 0 Å². The standard InChI is InChI=1S/C9H9F/c1-8-4-2-3-5-9(8)6-7-10/h2-7,9H,1H2. The minimum Gasteiger partial charge on any atom is -0.216 e. The lowest BCUT2D eigenvalue weighted by Crippen LogP contribution is -1.95. The molecule has 0 N–H and O–H groups in total.